The number of rotatable bonds is 5. The second-order valence-corrected chi connectivity index (χ2v) is 5.41. The lowest BCUT2D eigenvalue weighted by Gasteiger charge is -2.15. The number of benzene rings is 2. The molecule has 0 aliphatic heterocycles. The van der Waals surface area contributed by atoms with E-state index in [0.29, 0.717) is 12.1 Å². The summed E-state index contributed by atoms with van der Waals surface area (Å²) in [5, 5.41) is 4.81. The maximum Gasteiger partial charge on any atom is 0.416 e. The minimum atomic E-state index is -4.94. The summed E-state index contributed by atoms with van der Waals surface area (Å²) >= 11 is 0. The fourth-order valence-electron chi connectivity index (χ4n) is 2.10. The van der Waals surface area contributed by atoms with Gasteiger partial charge in [-0.3, -0.25) is 4.79 Å². The third-order valence-electron chi connectivity index (χ3n) is 3.37. The first-order valence-corrected chi connectivity index (χ1v) is 7.39. The zero-order valence-corrected chi connectivity index (χ0v) is 13.2. The summed E-state index contributed by atoms with van der Waals surface area (Å²) in [5.41, 5.74) is -2.53. The van der Waals surface area contributed by atoms with Crippen molar-refractivity contribution < 1.29 is 31.1 Å². The molecule has 2 rings (SSSR count). The largest absolute Gasteiger partial charge is 0.416 e. The quantitative estimate of drug-likeness (QED) is 0.757. The Morgan fingerprint density at radius 1 is 0.846 bits per heavy atom. The first kappa shape index (κ1) is 19.6. The molecule has 2 N–H and O–H groups in total. The van der Waals surface area contributed by atoms with Gasteiger partial charge in [-0.2, -0.15) is 26.3 Å². The van der Waals surface area contributed by atoms with Crippen LogP contribution in [0.2, 0.25) is 0 Å². The molecule has 0 saturated carbocycles. The highest BCUT2D eigenvalue weighted by Crippen LogP contribution is 2.37. The number of hydrogen-bond donors (Lipinski definition) is 2. The van der Waals surface area contributed by atoms with E-state index in [9.17, 15) is 31.1 Å². The highest BCUT2D eigenvalue weighted by Gasteiger charge is 2.36. The molecule has 2 aromatic rings. The monoisotopic (exact) mass is 376 g/mol. The Balaban J connectivity index is 2.05. The van der Waals surface area contributed by atoms with E-state index in [4.69, 9.17) is 0 Å². The van der Waals surface area contributed by atoms with Crippen molar-refractivity contribution in [1.82, 2.24) is 5.32 Å². The fraction of sp³-hybridized carbons (Fsp3) is 0.235. The van der Waals surface area contributed by atoms with Gasteiger partial charge in [0.05, 0.1) is 17.7 Å². The molecule has 3 nitrogen and oxygen atoms in total. The molecule has 0 aliphatic rings. The standard InChI is InChI=1S/C17H14F6N2O/c18-16(19,20)12-6-13(17(21,22)23)8-14(7-12)24-10-15(26)25-9-11-4-2-1-3-5-11/h1-8,24H,9-10H2,(H,25,26). The van der Waals surface area contributed by atoms with Crippen molar-refractivity contribution in [2.75, 3.05) is 11.9 Å². The maximum absolute atomic E-state index is 12.8. The number of carbonyl (C=O) groups excluding carboxylic acids is 1. The molecular formula is C17H14F6N2O. The molecule has 0 heterocycles. The Morgan fingerprint density at radius 3 is 1.88 bits per heavy atom. The fourth-order valence-corrected chi connectivity index (χ4v) is 2.10. The van der Waals surface area contributed by atoms with E-state index < -0.39 is 41.6 Å². The van der Waals surface area contributed by atoms with Gasteiger partial charge in [0.15, 0.2) is 0 Å². The van der Waals surface area contributed by atoms with Gasteiger partial charge in [0.25, 0.3) is 0 Å². The SMILES string of the molecule is O=C(CNc1cc(C(F)(F)F)cc(C(F)(F)F)c1)NCc1ccccc1. The summed E-state index contributed by atoms with van der Waals surface area (Å²) < 4.78 is 76.6. The normalized spacial score (nSPS) is 11.9. The molecule has 0 bridgehead atoms. The summed E-state index contributed by atoms with van der Waals surface area (Å²) in [6, 6.07) is 9.92. The molecule has 0 fully saturated rings. The van der Waals surface area contributed by atoms with E-state index in [2.05, 4.69) is 10.6 Å². The van der Waals surface area contributed by atoms with Crippen molar-refractivity contribution in [3.63, 3.8) is 0 Å². The van der Waals surface area contributed by atoms with Crippen molar-refractivity contribution >= 4 is 11.6 Å². The summed E-state index contributed by atoms with van der Waals surface area (Å²) in [7, 11) is 0. The summed E-state index contributed by atoms with van der Waals surface area (Å²) in [6.07, 6.45) is -9.87. The molecule has 1 amide bonds. The van der Waals surface area contributed by atoms with Crippen LogP contribution in [0.5, 0.6) is 0 Å². The van der Waals surface area contributed by atoms with Gasteiger partial charge in [-0.1, -0.05) is 30.3 Å². The molecule has 2 aromatic carbocycles. The number of amides is 1. The molecule has 0 unspecified atom stereocenters. The topological polar surface area (TPSA) is 41.1 Å². The predicted molar refractivity (Wildman–Crippen MR) is 83.2 cm³/mol. The van der Waals surface area contributed by atoms with Crippen molar-refractivity contribution in [2.24, 2.45) is 0 Å². The Labute approximate surface area is 145 Å². The van der Waals surface area contributed by atoms with Crippen LogP contribution < -0.4 is 10.6 Å². The Morgan fingerprint density at radius 2 is 1.38 bits per heavy atom. The maximum atomic E-state index is 12.8. The van der Waals surface area contributed by atoms with Crippen molar-refractivity contribution in [1.29, 1.82) is 0 Å². The van der Waals surface area contributed by atoms with E-state index in [-0.39, 0.29) is 12.6 Å². The van der Waals surface area contributed by atoms with Crippen LogP contribution in [0.1, 0.15) is 16.7 Å². The summed E-state index contributed by atoms with van der Waals surface area (Å²) in [6.45, 7) is -0.275. The van der Waals surface area contributed by atoms with E-state index in [1.165, 1.54) is 0 Å². The second kappa shape index (κ2) is 7.67. The van der Waals surface area contributed by atoms with Crippen LogP contribution >= 0.6 is 0 Å². The molecule has 0 radical (unpaired) electrons. The number of halogens is 6. The zero-order valence-electron chi connectivity index (χ0n) is 13.2. The van der Waals surface area contributed by atoms with Gasteiger partial charge < -0.3 is 10.6 Å². The highest BCUT2D eigenvalue weighted by molar-refractivity contribution is 5.80. The lowest BCUT2D eigenvalue weighted by molar-refractivity contribution is -0.143. The third kappa shape index (κ3) is 5.68. The lowest BCUT2D eigenvalue weighted by Crippen LogP contribution is -2.29. The third-order valence-corrected chi connectivity index (χ3v) is 3.37. The second-order valence-electron chi connectivity index (χ2n) is 5.41. The summed E-state index contributed by atoms with van der Waals surface area (Å²) in [4.78, 5) is 11.7. The average Bonchev–Trinajstić information content (AvgIpc) is 2.57. The van der Waals surface area contributed by atoms with Crippen LogP contribution in [0.4, 0.5) is 32.0 Å². The Kier molecular flexibility index (Phi) is 5.79. The average molecular weight is 376 g/mol. The molecular weight excluding hydrogens is 362 g/mol. The van der Waals surface area contributed by atoms with Gasteiger partial charge in [-0.25, -0.2) is 0 Å². The molecule has 140 valence electrons. The van der Waals surface area contributed by atoms with Gasteiger partial charge in [0, 0.05) is 12.2 Å². The van der Waals surface area contributed by atoms with Crippen LogP contribution in [0.15, 0.2) is 48.5 Å². The lowest BCUT2D eigenvalue weighted by atomic mass is 10.1. The number of anilines is 1. The number of alkyl halides is 6. The van der Waals surface area contributed by atoms with E-state index in [1.807, 2.05) is 0 Å². The van der Waals surface area contributed by atoms with Crippen molar-refractivity contribution in [2.45, 2.75) is 18.9 Å². The van der Waals surface area contributed by atoms with Gasteiger partial charge in [0.1, 0.15) is 0 Å². The van der Waals surface area contributed by atoms with Crippen LogP contribution in [-0.2, 0) is 23.7 Å². The first-order valence-electron chi connectivity index (χ1n) is 7.39. The molecule has 0 aliphatic carbocycles. The van der Waals surface area contributed by atoms with Gasteiger partial charge >= 0.3 is 12.4 Å². The van der Waals surface area contributed by atoms with E-state index in [1.54, 1.807) is 30.3 Å². The molecule has 0 aromatic heterocycles. The highest BCUT2D eigenvalue weighted by atomic mass is 19.4. The number of nitrogens with one attached hydrogen (secondary N) is 2. The first-order chi connectivity index (χ1) is 12.1. The number of carbonyl (C=O) groups is 1. The van der Waals surface area contributed by atoms with Gasteiger partial charge in [0.2, 0.25) is 5.91 Å². The summed E-state index contributed by atoms with van der Waals surface area (Å²) in [5.74, 6) is -0.570. The van der Waals surface area contributed by atoms with Gasteiger partial charge in [-0.15, -0.1) is 0 Å². The molecule has 0 atom stereocenters. The van der Waals surface area contributed by atoms with Crippen LogP contribution in [0.25, 0.3) is 0 Å². The molecule has 26 heavy (non-hydrogen) atoms. The Bertz CT molecular complexity index is 724. The van der Waals surface area contributed by atoms with Crippen LogP contribution in [0, 0.1) is 0 Å². The number of hydrogen-bond acceptors (Lipinski definition) is 2. The van der Waals surface area contributed by atoms with Crippen molar-refractivity contribution in [3.8, 4) is 0 Å². The van der Waals surface area contributed by atoms with Crippen LogP contribution in [0.3, 0.4) is 0 Å². The van der Waals surface area contributed by atoms with Crippen LogP contribution in [-0.4, -0.2) is 12.5 Å². The van der Waals surface area contributed by atoms with E-state index in [0.717, 1.165) is 5.56 Å². The minimum absolute atomic E-state index is 0.0284. The Hall–Kier alpha value is -2.71. The minimum Gasteiger partial charge on any atom is -0.376 e. The molecule has 9 heteroatoms. The van der Waals surface area contributed by atoms with Gasteiger partial charge in [-0.05, 0) is 23.8 Å². The smallest absolute Gasteiger partial charge is 0.376 e. The van der Waals surface area contributed by atoms with E-state index >= 15 is 0 Å². The predicted octanol–water partition coefficient (Wildman–Crippen LogP) is 4.45. The zero-order chi connectivity index (χ0) is 19.4. The molecule has 0 saturated heterocycles. The molecule has 0 spiro atoms. The van der Waals surface area contributed by atoms with Crippen molar-refractivity contribution in [3.05, 3.63) is 65.2 Å².